The highest BCUT2D eigenvalue weighted by atomic mass is 35.5. The number of sulfonamides is 1. The van der Waals surface area contributed by atoms with Crippen molar-refractivity contribution in [1.29, 1.82) is 0 Å². The molecular formula is C12H17ClN2O4S. The molecule has 1 aromatic rings. The number of benzene rings is 1. The van der Waals surface area contributed by atoms with E-state index < -0.39 is 21.5 Å². The Morgan fingerprint density at radius 3 is 2.50 bits per heavy atom. The zero-order valence-corrected chi connectivity index (χ0v) is 13.0. The number of rotatable bonds is 6. The average Bonchev–Trinajstić information content (AvgIpc) is 2.22. The summed E-state index contributed by atoms with van der Waals surface area (Å²) in [6.07, 6.45) is 1.07. The lowest BCUT2D eigenvalue weighted by atomic mass is 10.1. The Hall–Kier alpha value is -1.31. The second kappa shape index (κ2) is 5.99. The molecule has 0 amide bonds. The van der Waals surface area contributed by atoms with E-state index in [1.165, 1.54) is 18.2 Å². The molecular weight excluding hydrogens is 304 g/mol. The Morgan fingerprint density at radius 1 is 1.40 bits per heavy atom. The molecule has 0 bridgehead atoms. The number of anilines is 1. The van der Waals surface area contributed by atoms with E-state index in [9.17, 15) is 13.2 Å². The van der Waals surface area contributed by atoms with Gasteiger partial charge >= 0.3 is 5.97 Å². The zero-order valence-electron chi connectivity index (χ0n) is 11.4. The summed E-state index contributed by atoms with van der Waals surface area (Å²) in [5, 5.41) is 12.4. The quantitative estimate of drug-likeness (QED) is 0.742. The SMILES string of the molecule is CC(C)(CNc1cc(Cl)ccc1C(=O)O)NS(C)(=O)=O. The third-order valence-electron chi connectivity index (χ3n) is 2.39. The van der Waals surface area contributed by atoms with Crippen LogP contribution in [0.2, 0.25) is 5.02 Å². The normalized spacial score (nSPS) is 12.2. The lowest BCUT2D eigenvalue weighted by molar-refractivity contribution is 0.0698. The summed E-state index contributed by atoms with van der Waals surface area (Å²) in [5.74, 6) is -1.09. The maximum atomic E-state index is 11.2. The van der Waals surface area contributed by atoms with Crippen LogP contribution in [0.25, 0.3) is 0 Å². The molecule has 0 aromatic heterocycles. The molecule has 0 aliphatic carbocycles. The standard InChI is InChI=1S/C12H17ClN2O4S/c1-12(2,15-20(3,18)19)7-14-10-6-8(13)4-5-9(10)11(16)17/h4-6,14-15H,7H2,1-3H3,(H,16,17). The Morgan fingerprint density at radius 2 is 2.00 bits per heavy atom. The van der Waals surface area contributed by atoms with E-state index in [1.807, 2.05) is 0 Å². The van der Waals surface area contributed by atoms with Gasteiger partial charge in [0.15, 0.2) is 0 Å². The largest absolute Gasteiger partial charge is 0.478 e. The van der Waals surface area contributed by atoms with E-state index >= 15 is 0 Å². The Bertz CT molecular complexity index is 614. The molecule has 0 atom stereocenters. The van der Waals surface area contributed by atoms with E-state index in [0.29, 0.717) is 10.7 Å². The van der Waals surface area contributed by atoms with Crippen molar-refractivity contribution in [2.75, 3.05) is 18.1 Å². The van der Waals surface area contributed by atoms with Crippen LogP contribution in [-0.2, 0) is 10.0 Å². The monoisotopic (exact) mass is 320 g/mol. The molecule has 8 heteroatoms. The molecule has 112 valence electrons. The molecule has 1 aromatic carbocycles. The van der Waals surface area contributed by atoms with Crippen LogP contribution >= 0.6 is 11.6 Å². The smallest absolute Gasteiger partial charge is 0.337 e. The van der Waals surface area contributed by atoms with Crippen molar-refractivity contribution in [3.63, 3.8) is 0 Å². The van der Waals surface area contributed by atoms with E-state index in [0.717, 1.165) is 6.26 Å². The van der Waals surface area contributed by atoms with E-state index in [-0.39, 0.29) is 12.1 Å². The molecule has 0 saturated heterocycles. The first-order valence-electron chi connectivity index (χ1n) is 5.76. The topological polar surface area (TPSA) is 95.5 Å². The highest BCUT2D eigenvalue weighted by Gasteiger charge is 2.22. The fraction of sp³-hybridized carbons (Fsp3) is 0.417. The van der Waals surface area contributed by atoms with Gasteiger partial charge in [-0.2, -0.15) is 0 Å². The molecule has 0 fully saturated rings. The van der Waals surface area contributed by atoms with Gasteiger partial charge in [-0.1, -0.05) is 11.6 Å². The van der Waals surface area contributed by atoms with Crippen LogP contribution in [0.1, 0.15) is 24.2 Å². The third-order valence-corrected chi connectivity index (χ3v) is 3.55. The van der Waals surface area contributed by atoms with Gasteiger partial charge in [0.1, 0.15) is 0 Å². The van der Waals surface area contributed by atoms with Crippen molar-refractivity contribution < 1.29 is 18.3 Å². The number of carboxylic acids is 1. The van der Waals surface area contributed by atoms with Gasteiger partial charge in [0.2, 0.25) is 10.0 Å². The minimum atomic E-state index is -3.35. The van der Waals surface area contributed by atoms with Gasteiger partial charge in [-0.3, -0.25) is 0 Å². The molecule has 0 aliphatic heterocycles. The van der Waals surface area contributed by atoms with Crippen molar-refractivity contribution in [3.8, 4) is 0 Å². The van der Waals surface area contributed by atoms with Gasteiger partial charge in [0.25, 0.3) is 0 Å². The molecule has 6 nitrogen and oxygen atoms in total. The van der Waals surface area contributed by atoms with Crippen LogP contribution in [-0.4, -0.2) is 37.8 Å². The maximum absolute atomic E-state index is 11.2. The van der Waals surface area contributed by atoms with Gasteiger partial charge < -0.3 is 10.4 Å². The second-order valence-electron chi connectivity index (χ2n) is 5.11. The maximum Gasteiger partial charge on any atom is 0.337 e. The number of halogens is 1. The van der Waals surface area contributed by atoms with Crippen LogP contribution in [0.3, 0.4) is 0 Å². The minimum absolute atomic E-state index is 0.0737. The summed E-state index contributed by atoms with van der Waals surface area (Å²) < 4.78 is 24.9. The summed E-state index contributed by atoms with van der Waals surface area (Å²) in [7, 11) is -3.35. The minimum Gasteiger partial charge on any atom is -0.478 e. The third kappa shape index (κ3) is 5.36. The van der Waals surface area contributed by atoms with Crippen LogP contribution in [0.15, 0.2) is 18.2 Å². The number of carboxylic acid groups (broad SMARTS) is 1. The summed E-state index contributed by atoms with van der Waals surface area (Å²) in [6.45, 7) is 3.58. The van der Waals surface area contributed by atoms with E-state index in [2.05, 4.69) is 10.0 Å². The van der Waals surface area contributed by atoms with Gasteiger partial charge in [0.05, 0.1) is 17.5 Å². The van der Waals surface area contributed by atoms with Gasteiger partial charge in [0, 0.05) is 17.1 Å². The number of nitrogens with one attached hydrogen (secondary N) is 2. The molecule has 0 heterocycles. The fourth-order valence-corrected chi connectivity index (χ4v) is 2.95. The lowest BCUT2D eigenvalue weighted by Crippen LogP contribution is -2.47. The highest BCUT2D eigenvalue weighted by molar-refractivity contribution is 7.88. The average molecular weight is 321 g/mol. The van der Waals surface area contributed by atoms with Crippen molar-refractivity contribution in [3.05, 3.63) is 28.8 Å². The van der Waals surface area contributed by atoms with Crippen LogP contribution in [0, 0.1) is 0 Å². The van der Waals surface area contributed by atoms with Crippen molar-refractivity contribution in [1.82, 2.24) is 4.72 Å². The molecule has 0 unspecified atom stereocenters. The Labute approximate surface area is 123 Å². The first-order chi connectivity index (χ1) is 9.00. The second-order valence-corrected chi connectivity index (χ2v) is 7.29. The summed E-state index contributed by atoms with van der Waals surface area (Å²) in [4.78, 5) is 11.1. The zero-order chi connectivity index (χ0) is 15.6. The van der Waals surface area contributed by atoms with E-state index in [1.54, 1.807) is 13.8 Å². The summed E-state index contributed by atoms with van der Waals surface area (Å²) in [6, 6.07) is 4.36. The lowest BCUT2D eigenvalue weighted by Gasteiger charge is -2.26. The highest BCUT2D eigenvalue weighted by Crippen LogP contribution is 2.22. The van der Waals surface area contributed by atoms with Gasteiger partial charge in [-0.25, -0.2) is 17.9 Å². The van der Waals surface area contributed by atoms with Crippen LogP contribution in [0.5, 0.6) is 0 Å². The molecule has 3 N–H and O–H groups in total. The summed E-state index contributed by atoms with van der Waals surface area (Å²) in [5.41, 5.74) is -0.357. The Balaban J connectivity index is 2.89. The first-order valence-corrected chi connectivity index (χ1v) is 8.03. The van der Waals surface area contributed by atoms with Crippen molar-refractivity contribution >= 4 is 33.3 Å². The molecule has 0 saturated carbocycles. The number of aromatic carboxylic acids is 1. The van der Waals surface area contributed by atoms with Crippen LogP contribution in [0.4, 0.5) is 5.69 Å². The molecule has 20 heavy (non-hydrogen) atoms. The van der Waals surface area contributed by atoms with Crippen molar-refractivity contribution in [2.24, 2.45) is 0 Å². The summed E-state index contributed by atoms with van der Waals surface area (Å²) >= 11 is 5.83. The van der Waals surface area contributed by atoms with Crippen LogP contribution < -0.4 is 10.0 Å². The predicted molar refractivity (Wildman–Crippen MR) is 79.0 cm³/mol. The number of hydrogen-bond acceptors (Lipinski definition) is 4. The molecule has 0 radical (unpaired) electrons. The van der Waals surface area contributed by atoms with Gasteiger partial charge in [-0.15, -0.1) is 0 Å². The first kappa shape index (κ1) is 16.7. The Kier molecular flexibility index (Phi) is 5.01. The fourth-order valence-electron chi connectivity index (χ4n) is 1.70. The van der Waals surface area contributed by atoms with Gasteiger partial charge in [-0.05, 0) is 32.0 Å². The molecule has 1 rings (SSSR count). The van der Waals surface area contributed by atoms with E-state index in [4.69, 9.17) is 16.7 Å². The number of carbonyl (C=O) groups is 1. The predicted octanol–water partition coefficient (Wildman–Crippen LogP) is 1.78. The van der Waals surface area contributed by atoms with Crippen molar-refractivity contribution in [2.45, 2.75) is 19.4 Å². The number of hydrogen-bond donors (Lipinski definition) is 3. The molecule has 0 aliphatic rings. The molecule has 0 spiro atoms.